The fourth-order valence-corrected chi connectivity index (χ4v) is 1.54. The van der Waals surface area contributed by atoms with Crippen LogP contribution < -0.4 is 5.73 Å². The number of halogens is 1. The SMILES string of the molecule is Cc1cc(C)n(-c2ccc(N)c(F)c2)n1. The molecule has 15 heavy (non-hydrogen) atoms. The number of nitrogens with two attached hydrogens (primary N) is 1. The van der Waals surface area contributed by atoms with Gasteiger partial charge in [-0.2, -0.15) is 5.10 Å². The second-order valence-corrected chi connectivity index (χ2v) is 3.54. The van der Waals surface area contributed by atoms with Gasteiger partial charge in [0.2, 0.25) is 0 Å². The zero-order chi connectivity index (χ0) is 11.0. The molecular weight excluding hydrogens is 193 g/mol. The van der Waals surface area contributed by atoms with E-state index in [0.29, 0.717) is 5.69 Å². The van der Waals surface area contributed by atoms with Gasteiger partial charge in [0, 0.05) is 11.8 Å². The number of anilines is 1. The molecule has 0 spiro atoms. The number of hydrogen-bond acceptors (Lipinski definition) is 2. The lowest BCUT2D eigenvalue weighted by molar-refractivity contribution is 0.629. The van der Waals surface area contributed by atoms with Crippen LogP contribution in [0.5, 0.6) is 0 Å². The highest BCUT2D eigenvalue weighted by Crippen LogP contribution is 2.17. The molecule has 0 saturated carbocycles. The van der Waals surface area contributed by atoms with E-state index in [0.717, 1.165) is 11.4 Å². The molecule has 0 saturated heterocycles. The molecule has 78 valence electrons. The molecule has 0 fully saturated rings. The molecule has 0 aliphatic rings. The number of rotatable bonds is 1. The lowest BCUT2D eigenvalue weighted by Crippen LogP contribution is -2.00. The second-order valence-electron chi connectivity index (χ2n) is 3.54. The minimum absolute atomic E-state index is 0.153. The van der Waals surface area contributed by atoms with Crippen molar-refractivity contribution >= 4 is 5.69 Å². The summed E-state index contributed by atoms with van der Waals surface area (Å²) in [4.78, 5) is 0. The van der Waals surface area contributed by atoms with Crippen molar-refractivity contribution in [2.24, 2.45) is 0 Å². The lowest BCUT2D eigenvalue weighted by Gasteiger charge is -2.05. The number of hydrogen-bond donors (Lipinski definition) is 1. The van der Waals surface area contributed by atoms with E-state index in [1.165, 1.54) is 6.07 Å². The molecule has 3 nitrogen and oxygen atoms in total. The molecule has 0 bridgehead atoms. The Morgan fingerprint density at radius 2 is 2.00 bits per heavy atom. The van der Waals surface area contributed by atoms with Gasteiger partial charge in [-0.05, 0) is 32.0 Å². The van der Waals surface area contributed by atoms with Crippen LogP contribution in [0.4, 0.5) is 10.1 Å². The number of nitrogen functional groups attached to an aromatic ring is 1. The maximum absolute atomic E-state index is 13.2. The average Bonchev–Trinajstić information content (AvgIpc) is 2.50. The molecule has 2 aromatic rings. The number of aryl methyl sites for hydroxylation is 2. The average molecular weight is 205 g/mol. The van der Waals surface area contributed by atoms with E-state index in [1.807, 2.05) is 19.9 Å². The van der Waals surface area contributed by atoms with E-state index in [9.17, 15) is 4.39 Å². The van der Waals surface area contributed by atoms with Gasteiger partial charge in [-0.1, -0.05) is 0 Å². The first kappa shape index (κ1) is 9.71. The smallest absolute Gasteiger partial charge is 0.148 e. The van der Waals surface area contributed by atoms with Crippen LogP contribution in [-0.2, 0) is 0 Å². The summed E-state index contributed by atoms with van der Waals surface area (Å²) in [5.74, 6) is -0.417. The van der Waals surface area contributed by atoms with Gasteiger partial charge in [-0.15, -0.1) is 0 Å². The zero-order valence-corrected chi connectivity index (χ0v) is 8.66. The fourth-order valence-electron chi connectivity index (χ4n) is 1.54. The van der Waals surface area contributed by atoms with Gasteiger partial charge in [-0.25, -0.2) is 9.07 Å². The molecule has 4 heteroatoms. The summed E-state index contributed by atoms with van der Waals surface area (Å²) in [7, 11) is 0. The third-order valence-electron chi connectivity index (χ3n) is 2.24. The van der Waals surface area contributed by atoms with Crippen LogP contribution >= 0.6 is 0 Å². The van der Waals surface area contributed by atoms with Gasteiger partial charge < -0.3 is 5.73 Å². The highest BCUT2D eigenvalue weighted by atomic mass is 19.1. The Morgan fingerprint density at radius 1 is 1.27 bits per heavy atom. The van der Waals surface area contributed by atoms with Gasteiger partial charge in [0.15, 0.2) is 0 Å². The molecule has 1 aromatic heterocycles. The largest absolute Gasteiger partial charge is 0.396 e. The minimum atomic E-state index is -0.417. The summed E-state index contributed by atoms with van der Waals surface area (Å²) in [6, 6.07) is 6.61. The van der Waals surface area contributed by atoms with Crippen LogP contribution in [0, 0.1) is 19.7 Å². The fraction of sp³-hybridized carbons (Fsp3) is 0.182. The van der Waals surface area contributed by atoms with Crippen molar-refractivity contribution in [2.75, 3.05) is 5.73 Å². The topological polar surface area (TPSA) is 43.8 Å². The molecule has 0 amide bonds. The van der Waals surface area contributed by atoms with E-state index in [-0.39, 0.29) is 5.69 Å². The van der Waals surface area contributed by atoms with Gasteiger partial charge in [0.05, 0.1) is 17.1 Å². The molecule has 2 rings (SSSR count). The Hall–Kier alpha value is -1.84. The van der Waals surface area contributed by atoms with Crippen molar-refractivity contribution in [3.8, 4) is 5.69 Å². The highest BCUT2D eigenvalue weighted by Gasteiger charge is 2.05. The van der Waals surface area contributed by atoms with Gasteiger partial charge in [-0.3, -0.25) is 0 Å². The zero-order valence-electron chi connectivity index (χ0n) is 8.66. The maximum atomic E-state index is 13.2. The molecule has 0 aliphatic heterocycles. The van der Waals surface area contributed by atoms with Crippen molar-refractivity contribution in [3.05, 3.63) is 41.5 Å². The van der Waals surface area contributed by atoms with Crippen LogP contribution in [0.2, 0.25) is 0 Å². The minimum Gasteiger partial charge on any atom is -0.396 e. The third kappa shape index (κ3) is 1.70. The van der Waals surface area contributed by atoms with Crippen LogP contribution in [0.25, 0.3) is 5.69 Å². The van der Waals surface area contributed by atoms with Crippen molar-refractivity contribution in [3.63, 3.8) is 0 Å². The summed E-state index contributed by atoms with van der Waals surface area (Å²) in [6.45, 7) is 3.82. The van der Waals surface area contributed by atoms with Crippen LogP contribution in [-0.4, -0.2) is 9.78 Å². The predicted molar refractivity (Wildman–Crippen MR) is 57.4 cm³/mol. The molecule has 1 heterocycles. The summed E-state index contributed by atoms with van der Waals surface area (Å²) in [5.41, 5.74) is 8.12. The molecule has 0 unspecified atom stereocenters. The normalized spacial score (nSPS) is 10.6. The standard InChI is InChI=1S/C11H12FN3/c1-7-5-8(2)15(14-7)9-3-4-11(13)10(12)6-9/h3-6H,13H2,1-2H3. The van der Waals surface area contributed by atoms with Gasteiger partial charge in [0.25, 0.3) is 0 Å². The first-order valence-corrected chi connectivity index (χ1v) is 4.66. The highest BCUT2D eigenvalue weighted by molar-refractivity contribution is 5.46. The third-order valence-corrected chi connectivity index (χ3v) is 2.24. The van der Waals surface area contributed by atoms with Crippen molar-refractivity contribution in [1.82, 2.24) is 9.78 Å². The van der Waals surface area contributed by atoms with Crippen molar-refractivity contribution in [2.45, 2.75) is 13.8 Å². The summed E-state index contributed by atoms with van der Waals surface area (Å²) in [5, 5.41) is 4.26. The molecule has 0 atom stereocenters. The van der Waals surface area contributed by atoms with Crippen LogP contribution in [0.3, 0.4) is 0 Å². The van der Waals surface area contributed by atoms with Crippen molar-refractivity contribution in [1.29, 1.82) is 0 Å². The summed E-state index contributed by atoms with van der Waals surface area (Å²) in [6.07, 6.45) is 0. The van der Waals surface area contributed by atoms with Gasteiger partial charge >= 0.3 is 0 Å². The Labute approximate surface area is 87.3 Å². The molecule has 1 aromatic carbocycles. The molecule has 0 radical (unpaired) electrons. The summed E-state index contributed by atoms with van der Waals surface area (Å²) >= 11 is 0. The van der Waals surface area contributed by atoms with E-state index in [1.54, 1.807) is 16.8 Å². The van der Waals surface area contributed by atoms with E-state index in [4.69, 9.17) is 5.73 Å². The second kappa shape index (κ2) is 3.38. The summed E-state index contributed by atoms with van der Waals surface area (Å²) < 4.78 is 14.9. The van der Waals surface area contributed by atoms with Crippen LogP contribution in [0.15, 0.2) is 24.3 Å². The first-order valence-electron chi connectivity index (χ1n) is 4.66. The molecule has 2 N–H and O–H groups in total. The quantitative estimate of drug-likeness (QED) is 0.725. The molecular formula is C11H12FN3. The Morgan fingerprint density at radius 3 is 2.53 bits per heavy atom. The molecule has 0 aliphatic carbocycles. The van der Waals surface area contributed by atoms with E-state index >= 15 is 0 Å². The number of nitrogens with zero attached hydrogens (tertiary/aromatic N) is 2. The number of benzene rings is 1. The van der Waals surface area contributed by atoms with Crippen molar-refractivity contribution < 1.29 is 4.39 Å². The predicted octanol–water partition coefficient (Wildman–Crippen LogP) is 2.21. The Bertz CT molecular complexity index is 503. The Kier molecular flexibility index (Phi) is 2.19. The van der Waals surface area contributed by atoms with E-state index < -0.39 is 5.82 Å². The van der Waals surface area contributed by atoms with Crippen LogP contribution in [0.1, 0.15) is 11.4 Å². The number of aromatic nitrogens is 2. The van der Waals surface area contributed by atoms with Gasteiger partial charge in [0.1, 0.15) is 5.82 Å². The van der Waals surface area contributed by atoms with E-state index in [2.05, 4.69) is 5.10 Å². The first-order chi connectivity index (χ1) is 7.08. The Balaban J connectivity index is 2.54. The maximum Gasteiger partial charge on any atom is 0.148 e. The lowest BCUT2D eigenvalue weighted by atomic mass is 10.2. The monoisotopic (exact) mass is 205 g/mol.